The van der Waals surface area contributed by atoms with Crippen LogP contribution in [0.2, 0.25) is 0 Å². The van der Waals surface area contributed by atoms with Crippen LogP contribution in [-0.4, -0.2) is 37.6 Å². The van der Waals surface area contributed by atoms with E-state index < -0.39 is 0 Å². The minimum absolute atomic E-state index is 0.132. The van der Waals surface area contributed by atoms with Gasteiger partial charge in [-0.1, -0.05) is 30.3 Å². The number of anilines is 1. The molecular weight excluding hydrogens is 440 g/mol. The van der Waals surface area contributed by atoms with Gasteiger partial charge in [-0.05, 0) is 61.9 Å². The smallest absolute Gasteiger partial charge is 0.258 e. The van der Waals surface area contributed by atoms with Gasteiger partial charge in [0.15, 0.2) is 0 Å². The highest BCUT2D eigenvalue weighted by Gasteiger charge is 2.22. The zero-order valence-corrected chi connectivity index (χ0v) is 19.4. The molecule has 2 heterocycles. The summed E-state index contributed by atoms with van der Waals surface area (Å²) in [6, 6.07) is 17.6. The van der Waals surface area contributed by atoms with Gasteiger partial charge in [0.2, 0.25) is 11.9 Å². The molecule has 2 aromatic heterocycles. The van der Waals surface area contributed by atoms with E-state index in [1.165, 1.54) is 0 Å². The van der Waals surface area contributed by atoms with Crippen LogP contribution in [0.4, 0.5) is 5.95 Å². The maximum absolute atomic E-state index is 13.1. The summed E-state index contributed by atoms with van der Waals surface area (Å²) in [5, 5.41) is 12.8. The fourth-order valence-corrected chi connectivity index (χ4v) is 3.96. The Morgan fingerprint density at radius 3 is 2.66 bits per heavy atom. The Hall–Kier alpha value is -4.20. The highest BCUT2D eigenvalue weighted by Crippen LogP contribution is 2.22. The molecule has 3 N–H and O–H groups in total. The summed E-state index contributed by atoms with van der Waals surface area (Å²) in [5.41, 5.74) is 4.15. The van der Waals surface area contributed by atoms with Crippen molar-refractivity contribution in [3.05, 3.63) is 84.4 Å². The van der Waals surface area contributed by atoms with Gasteiger partial charge in [0.1, 0.15) is 0 Å². The van der Waals surface area contributed by atoms with Crippen LogP contribution < -0.4 is 10.6 Å². The molecule has 0 saturated heterocycles. The van der Waals surface area contributed by atoms with Gasteiger partial charge in [0.25, 0.3) is 5.91 Å². The summed E-state index contributed by atoms with van der Waals surface area (Å²) in [4.78, 5) is 29.8. The fraction of sp³-hybridized carbons (Fsp3) is 0.259. The van der Waals surface area contributed by atoms with E-state index in [-0.39, 0.29) is 11.8 Å². The molecule has 0 atom stereocenters. The number of aromatic amines is 1. The number of aromatic nitrogens is 4. The van der Waals surface area contributed by atoms with Crippen LogP contribution in [0.15, 0.2) is 73.2 Å². The number of carbonyl (C=O) groups is 2. The Balaban J connectivity index is 1.29. The van der Waals surface area contributed by atoms with Crippen molar-refractivity contribution in [3.63, 3.8) is 0 Å². The highest BCUT2D eigenvalue weighted by molar-refractivity contribution is 6.04. The monoisotopic (exact) mass is 468 g/mol. The van der Waals surface area contributed by atoms with E-state index in [9.17, 15) is 9.59 Å². The molecule has 2 amide bonds. The van der Waals surface area contributed by atoms with Crippen LogP contribution in [0.1, 0.15) is 48.2 Å². The lowest BCUT2D eigenvalue weighted by Crippen LogP contribution is -2.24. The maximum Gasteiger partial charge on any atom is 0.258 e. The Labute approximate surface area is 203 Å². The zero-order chi connectivity index (χ0) is 24.0. The molecule has 1 aliphatic carbocycles. The first kappa shape index (κ1) is 22.6. The standard InChI is InChI=1S/C27H28N6O2/c34-25(30-22-13-14-22)12-5-4-9-23-18-33(24-10-2-1-3-11-24)27(31-23)32-26(35)20-8-6-7-19(15-20)21-16-28-29-17-21/h1-3,6-8,10-11,15-18,22H,4-5,9,12-14H2,(H,28,29)(H,30,34)(H,31,32,35). The molecule has 2 aromatic carbocycles. The summed E-state index contributed by atoms with van der Waals surface area (Å²) in [6.45, 7) is 0. The second kappa shape index (κ2) is 10.4. The minimum Gasteiger partial charge on any atom is -0.353 e. The summed E-state index contributed by atoms with van der Waals surface area (Å²) in [7, 11) is 0. The van der Waals surface area contributed by atoms with Crippen LogP contribution in [0.5, 0.6) is 0 Å². The van der Waals surface area contributed by atoms with Gasteiger partial charge in [-0.15, -0.1) is 0 Å². The van der Waals surface area contributed by atoms with E-state index >= 15 is 0 Å². The predicted molar refractivity (Wildman–Crippen MR) is 134 cm³/mol. The average molecular weight is 469 g/mol. The van der Waals surface area contributed by atoms with Gasteiger partial charge in [-0.2, -0.15) is 5.10 Å². The molecular formula is C27H28N6O2. The molecule has 178 valence electrons. The lowest BCUT2D eigenvalue weighted by molar-refractivity contribution is -0.121. The molecule has 5 rings (SSSR count). The van der Waals surface area contributed by atoms with E-state index in [0.29, 0.717) is 24.0 Å². The number of aryl methyl sites for hydroxylation is 1. The van der Waals surface area contributed by atoms with Gasteiger partial charge < -0.3 is 5.32 Å². The molecule has 8 heteroatoms. The molecule has 4 aromatic rings. The Kier molecular flexibility index (Phi) is 6.70. The van der Waals surface area contributed by atoms with Crippen LogP contribution in [-0.2, 0) is 11.2 Å². The number of nitrogens with one attached hydrogen (secondary N) is 3. The van der Waals surface area contributed by atoms with E-state index in [1.807, 2.05) is 59.3 Å². The van der Waals surface area contributed by atoms with Crippen molar-refractivity contribution in [3.8, 4) is 16.8 Å². The highest BCUT2D eigenvalue weighted by atomic mass is 16.2. The summed E-state index contributed by atoms with van der Waals surface area (Å²) in [5.74, 6) is 0.366. The Bertz CT molecular complexity index is 1290. The van der Waals surface area contributed by atoms with Gasteiger partial charge in [-0.3, -0.25) is 24.6 Å². The molecule has 1 fully saturated rings. The summed E-state index contributed by atoms with van der Waals surface area (Å²) < 4.78 is 1.90. The van der Waals surface area contributed by atoms with Crippen molar-refractivity contribution >= 4 is 17.8 Å². The molecule has 1 saturated carbocycles. The van der Waals surface area contributed by atoms with Gasteiger partial charge >= 0.3 is 0 Å². The van der Waals surface area contributed by atoms with Crippen LogP contribution >= 0.6 is 0 Å². The number of hydrogen-bond acceptors (Lipinski definition) is 4. The predicted octanol–water partition coefficient (Wildman–Crippen LogP) is 4.51. The SMILES string of the molecule is O=C(CCCCc1cn(-c2ccccc2)c(NC(=O)c2cccc(-c3cn[nH]c3)c2)n1)NC1CC1. The first-order valence-electron chi connectivity index (χ1n) is 12.0. The Morgan fingerprint density at radius 1 is 1.03 bits per heavy atom. The molecule has 0 bridgehead atoms. The maximum atomic E-state index is 13.1. The normalized spacial score (nSPS) is 12.9. The number of carbonyl (C=O) groups excluding carboxylic acids is 2. The van der Waals surface area contributed by atoms with Crippen molar-refractivity contribution in [1.29, 1.82) is 0 Å². The average Bonchev–Trinajstić information content (AvgIpc) is 3.35. The third-order valence-electron chi connectivity index (χ3n) is 6.00. The number of benzene rings is 2. The lowest BCUT2D eigenvalue weighted by Gasteiger charge is -2.09. The third-order valence-corrected chi connectivity index (χ3v) is 6.00. The number of amides is 2. The van der Waals surface area contributed by atoms with Crippen molar-refractivity contribution < 1.29 is 9.59 Å². The number of unbranched alkanes of at least 4 members (excludes halogenated alkanes) is 1. The first-order chi connectivity index (χ1) is 17.2. The molecule has 1 aliphatic rings. The second-order valence-electron chi connectivity index (χ2n) is 8.83. The number of H-pyrrole nitrogens is 1. The first-order valence-corrected chi connectivity index (χ1v) is 12.0. The van der Waals surface area contributed by atoms with Crippen molar-refractivity contribution in [2.45, 2.75) is 44.6 Å². The molecule has 8 nitrogen and oxygen atoms in total. The quantitative estimate of drug-likeness (QED) is 0.298. The molecule has 0 aliphatic heterocycles. The Morgan fingerprint density at radius 2 is 1.89 bits per heavy atom. The van der Waals surface area contributed by atoms with Gasteiger partial charge in [0, 0.05) is 41.7 Å². The van der Waals surface area contributed by atoms with Crippen molar-refractivity contribution in [1.82, 2.24) is 25.1 Å². The summed E-state index contributed by atoms with van der Waals surface area (Å²) >= 11 is 0. The van der Waals surface area contributed by atoms with Gasteiger partial charge in [0.05, 0.1) is 11.9 Å². The summed E-state index contributed by atoms with van der Waals surface area (Å²) in [6.07, 6.45) is 10.6. The number of rotatable bonds is 10. The van der Waals surface area contributed by atoms with Crippen LogP contribution in [0.25, 0.3) is 16.8 Å². The zero-order valence-electron chi connectivity index (χ0n) is 19.4. The van der Waals surface area contributed by atoms with E-state index in [2.05, 4.69) is 20.8 Å². The van der Waals surface area contributed by atoms with Crippen molar-refractivity contribution in [2.24, 2.45) is 0 Å². The number of imidazole rings is 1. The lowest BCUT2D eigenvalue weighted by atomic mass is 10.1. The fourth-order valence-electron chi connectivity index (χ4n) is 3.96. The largest absolute Gasteiger partial charge is 0.353 e. The van der Waals surface area contributed by atoms with E-state index in [4.69, 9.17) is 4.98 Å². The van der Waals surface area contributed by atoms with Crippen LogP contribution in [0, 0.1) is 0 Å². The number of para-hydroxylation sites is 1. The second-order valence-corrected chi connectivity index (χ2v) is 8.83. The third kappa shape index (κ3) is 5.84. The molecule has 0 spiro atoms. The molecule has 35 heavy (non-hydrogen) atoms. The minimum atomic E-state index is -0.235. The molecule has 0 radical (unpaired) electrons. The van der Waals surface area contributed by atoms with E-state index in [1.54, 1.807) is 18.5 Å². The van der Waals surface area contributed by atoms with Gasteiger partial charge in [-0.25, -0.2) is 4.98 Å². The topological polar surface area (TPSA) is 105 Å². The van der Waals surface area contributed by atoms with Crippen LogP contribution in [0.3, 0.4) is 0 Å². The van der Waals surface area contributed by atoms with E-state index in [0.717, 1.165) is 54.6 Å². The molecule has 0 unspecified atom stereocenters. The number of hydrogen-bond donors (Lipinski definition) is 3. The number of nitrogens with zero attached hydrogens (tertiary/aromatic N) is 3. The van der Waals surface area contributed by atoms with Crippen molar-refractivity contribution in [2.75, 3.05) is 5.32 Å².